The van der Waals surface area contributed by atoms with Crippen molar-refractivity contribution in [1.29, 1.82) is 0 Å². The number of hydrogen-bond donors (Lipinski definition) is 0. The summed E-state index contributed by atoms with van der Waals surface area (Å²) in [7, 11) is 0. The van der Waals surface area contributed by atoms with E-state index in [1.165, 1.54) is 0 Å². The summed E-state index contributed by atoms with van der Waals surface area (Å²) in [5, 5.41) is 0. The maximum Gasteiger partial charge on any atom is 0.313 e. The van der Waals surface area contributed by atoms with Gasteiger partial charge in [-0.1, -0.05) is 41.5 Å². The number of hydrogen-bond acceptors (Lipinski definition) is 4. The summed E-state index contributed by atoms with van der Waals surface area (Å²) in [6.45, 7) is 18.1. The zero-order chi connectivity index (χ0) is 17.6. The predicted molar refractivity (Wildman–Crippen MR) is 86.3 cm³/mol. The van der Waals surface area contributed by atoms with E-state index in [9.17, 15) is 9.59 Å². The van der Waals surface area contributed by atoms with Crippen LogP contribution in [0.25, 0.3) is 0 Å². The summed E-state index contributed by atoms with van der Waals surface area (Å²) in [5.74, 6) is -0.557. The SMILES string of the molecule is CC1OC(=O)CC1(C)OC(=O)C(C)(CC(C)(C)C)C(C)(C)C. The largest absolute Gasteiger partial charge is 0.458 e. The molecule has 3 atom stereocenters. The second kappa shape index (κ2) is 5.54. The number of carbonyl (C=O) groups is 2. The standard InChI is InChI=1S/C18H32O4/c1-12-18(9,10-13(19)21-12)22-14(20)17(8,16(5,6)7)11-15(2,3)4/h12H,10-11H2,1-9H3. The van der Waals surface area contributed by atoms with Gasteiger partial charge >= 0.3 is 11.9 Å². The van der Waals surface area contributed by atoms with Crippen LogP contribution in [0.4, 0.5) is 0 Å². The molecular weight excluding hydrogens is 280 g/mol. The summed E-state index contributed by atoms with van der Waals surface area (Å²) < 4.78 is 11.0. The Morgan fingerprint density at radius 1 is 1.23 bits per heavy atom. The first-order valence-electron chi connectivity index (χ1n) is 8.04. The second-order valence-electron chi connectivity index (χ2n) is 9.33. The molecule has 1 saturated heterocycles. The first-order chi connectivity index (χ1) is 9.61. The van der Waals surface area contributed by atoms with Gasteiger partial charge in [0.05, 0.1) is 11.8 Å². The summed E-state index contributed by atoms with van der Waals surface area (Å²) in [6, 6.07) is 0. The molecule has 128 valence electrons. The lowest BCUT2D eigenvalue weighted by Gasteiger charge is -2.45. The molecule has 1 aliphatic rings. The Kier molecular flexibility index (Phi) is 4.78. The molecule has 0 aromatic heterocycles. The van der Waals surface area contributed by atoms with Crippen LogP contribution in [0.15, 0.2) is 0 Å². The zero-order valence-electron chi connectivity index (χ0n) is 15.6. The third kappa shape index (κ3) is 3.82. The van der Waals surface area contributed by atoms with Crippen molar-refractivity contribution in [2.75, 3.05) is 0 Å². The van der Waals surface area contributed by atoms with Gasteiger partial charge in [0.15, 0.2) is 5.60 Å². The Bertz CT molecular complexity index is 455. The monoisotopic (exact) mass is 312 g/mol. The molecule has 0 aromatic carbocycles. The maximum absolute atomic E-state index is 13.0. The Hall–Kier alpha value is -1.06. The fraction of sp³-hybridized carbons (Fsp3) is 0.889. The average Bonchev–Trinajstić information content (AvgIpc) is 2.47. The minimum absolute atomic E-state index is 0.00440. The average molecular weight is 312 g/mol. The van der Waals surface area contributed by atoms with Gasteiger partial charge in [-0.2, -0.15) is 0 Å². The minimum Gasteiger partial charge on any atom is -0.458 e. The fourth-order valence-electron chi connectivity index (χ4n) is 2.94. The molecular formula is C18H32O4. The van der Waals surface area contributed by atoms with E-state index >= 15 is 0 Å². The van der Waals surface area contributed by atoms with Crippen LogP contribution in [0.5, 0.6) is 0 Å². The fourth-order valence-corrected chi connectivity index (χ4v) is 2.94. The predicted octanol–water partition coefficient (Wildman–Crippen LogP) is 4.11. The van der Waals surface area contributed by atoms with Gasteiger partial charge in [0.1, 0.15) is 6.10 Å². The quantitative estimate of drug-likeness (QED) is 0.736. The van der Waals surface area contributed by atoms with Crippen LogP contribution in [0.3, 0.4) is 0 Å². The molecule has 3 unspecified atom stereocenters. The van der Waals surface area contributed by atoms with Gasteiger partial charge in [-0.25, -0.2) is 0 Å². The first kappa shape index (κ1) is 19.0. The Balaban J connectivity index is 3.07. The van der Waals surface area contributed by atoms with Crippen molar-refractivity contribution in [1.82, 2.24) is 0 Å². The molecule has 0 bridgehead atoms. The zero-order valence-corrected chi connectivity index (χ0v) is 15.6. The van der Waals surface area contributed by atoms with E-state index in [1.54, 1.807) is 13.8 Å². The molecule has 1 aliphatic heterocycles. The van der Waals surface area contributed by atoms with Gasteiger partial charge in [0, 0.05) is 0 Å². The van der Waals surface area contributed by atoms with Gasteiger partial charge in [0.2, 0.25) is 0 Å². The number of esters is 2. The molecule has 0 aliphatic carbocycles. The highest BCUT2D eigenvalue weighted by molar-refractivity contribution is 5.80. The summed E-state index contributed by atoms with van der Waals surface area (Å²) in [6.07, 6.45) is 0.417. The molecule has 4 nitrogen and oxygen atoms in total. The van der Waals surface area contributed by atoms with Gasteiger partial charge in [-0.15, -0.1) is 0 Å². The topological polar surface area (TPSA) is 52.6 Å². The van der Waals surface area contributed by atoms with E-state index in [-0.39, 0.29) is 29.2 Å². The van der Waals surface area contributed by atoms with E-state index in [2.05, 4.69) is 41.5 Å². The number of rotatable bonds is 3. The van der Waals surface area contributed by atoms with Crippen LogP contribution in [0.2, 0.25) is 0 Å². The highest BCUT2D eigenvalue weighted by Crippen LogP contribution is 2.48. The molecule has 0 amide bonds. The van der Waals surface area contributed by atoms with Crippen molar-refractivity contribution >= 4 is 11.9 Å². The van der Waals surface area contributed by atoms with E-state index in [0.29, 0.717) is 6.42 Å². The Morgan fingerprint density at radius 2 is 1.73 bits per heavy atom. The highest BCUT2D eigenvalue weighted by Gasteiger charge is 2.53. The van der Waals surface area contributed by atoms with Crippen molar-refractivity contribution in [3.05, 3.63) is 0 Å². The lowest BCUT2D eigenvalue weighted by atomic mass is 9.61. The van der Waals surface area contributed by atoms with Crippen molar-refractivity contribution in [2.45, 2.75) is 86.9 Å². The number of carbonyl (C=O) groups excluding carboxylic acids is 2. The van der Waals surface area contributed by atoms with Crippen LogP contribution in [-0.2, 0) is 19.1 Å². The Morgan fingerprint density at radius 3 is 2.05 bits per heavy atom. The maximum atomic E-state index is 13.0. The second-order valence-corrected chi connectivity index (χ2v) is 9.33. The molecule has 0 spiro atoms. The Labute approximate surface area is 134 Å². The lowest BCUT2D eigenvalue weighted by Crippen LogP contribution is -2.49. The van der Waals surface area contributed by atoms with E-state index < -0.39 is 17.1 Å². The van der Waals surface area contributed by atoms with Crippen molar-refractivity contribution in [3.8, 4) is 0 Å². The third-order valence-electron chi connectivity index (χ3n) is 4.98. The third-order valence-corrected chi connectivity index (χ3v) is 4.98. The van der Waals surface area contributed by atoms with Gasteiger partial charge in [-0.05, 0) is 38.0 Å². The van der Waals surface area contributed by atoms with Crippen LogP contribution >= 0.6 is 0 Å². The van der Waals surface area contributed by atoms with Crippen LogP contribution in [-0.4, -0.2) is 23.6 Å². The van der Waals surface area contributed by atoms with Crippen molar-refractivity contribution in [3.63, 3.8) is 0 Å². The van der Waals surface area contributed by atoms with E-state index in [4.69, 9.17) is 9.47 Å². The van der Waals surface area contributed by atoms with Crippen molar-refractivity contribution in [2.24, 2.45) is 16.2 Å². The number of cyclic esters (lactones) is 1. The molecule has 1 heterocycles. The van der Waals surface area contributed by atoms with Crippen LogP contribution < -0.4 is 0 Å². The molecule has 1 rings (SSSR count). The van der Waals surface area contributed by atoms with Gasteiger partial charge < -0.3 is 9.47 Å². The summed E-state index contributed by atoms with van der Waals surface area (Å²) >= 11 is 0. The summed E-state index contributed by atoms with van der Waals surface area (Å²) in [4.78, 5) is 24.5. The molecule has 1 fully saturated rings. The molecule has 0 N–H and O–H groups in total. The summed E-state index contributed by atoms with van der Waals surface area (Å²) in [5.41, 5.74) is -1.77. The normalized spacial score (nSPS) is 29.0. The van der Waals surface area contributed by atoms with Crippen molar-refractivity contribution < 1.29 is 19.1 Å². The van der Waals surface area contributed by atoms with E-state index in [0.717, 1.165) is 0 Å². The number of ether oxygens (including phenoxy) is 2. The molecule has 0 radical (unpaired) electrons. The van der Waals surface area contributed by atoms with Crippen LogP contribution in [0, 0.1) is 16.2 Å². The molecule has 22 heavy (non-hydrogen) atoms. The molecule has 0 aromatic rings. The first-order valence-corrected chi connectivity index (χ1v) is 8.04. The molecule has 4 heteroatoms. The van der Waals surface area contributed by atoms with E-state index in [1.807, 2.05) is 6.92 Å². The van der Waals surface area contributed by atoms with Gasteiger partial charge in [-0.3, -0.25) is 9.59 Å². The van der Waals surface area contributed by atoms with Crippen LogP contribution in [0.1, 0.15) is 75.2 Å². The lowest BCUT2D eigenvalue weighted by molar-refractivity contribution is -0.184. The van der Waals surface area contributed by atoms with Gasteiger partial charge in [0.25, 0.3) is 0 Å². The minimum atomic E-state index is -0.876. The highest BCUT2D eigenvalue weighted by atomic mass is 16.6. The smallest absolute Gasteiger partial charge is 0.313 e. The molecule has 0 saturated carbocycles.